The average Bonchev–Trinajstić information content (AvgIpc) is 2.85. The van der Waals surface area contributed by atoms with Gasteiger partial charge in [-0.05, 0) is 31.0 Å². The van der Waals surface area contributed by atoms with Gasteiger partial charge in [0, 0.05) is 5.56 Å². The van der Waals surface area contributed by atoms with Gasteiger partial charge in [-0.25, -0.2) is 4.79 Å². The number of ether oxygens (including phenoxy) is 2. The first-order valence-corrected chi connectivity index (χ1v) is 8.20. The highest BCUT2D eigenvalue weighted by atomic mass is 16.5. The zero-order chi connectivity index (χ0) is 18.0. The van der Waals surface area contributed by atoms with E-state index >= 15 is 0 Å². The van der Waals surface area contributed by atoms with Crippen molar-refractivity contribution in [2.24, 2.45) is 0 Å². The largest absolute Gasteiger partial charge is 0.493 e. The third kappa shape index (κ3) is 2.99. The Morgan fingerprint density at radius 1 is 1.12 bits per heavy atom. The summed E-state index contributed by atoms with van der Waals surface area (Å²) in [7, 11) is 2.96. The SMILES string of the molecule is COc1ccc(C(=O)NN2C(=O)NC3(CCCCC3)C2=O)cc1OC. The van der Waals surface area contributed by atoms with Crippen LogP contribution in [0.4, 0.5) is 4.79 Å². The van der Waals surface area contributed by atoms with Gasteiger partial charge < -0.3 is 14.8 Å². The minimum atomic E-state index is -0.875. The van der Waals surface area contributed by atoms with E-state index in [1.165, 1.54) is 26.4 Å². The van der Waals surface area contributed by atoms with E-state index in [2.05, 4.69) is 10.7 Å². The van der Waals surface area contributed by atoms with Gasteiger partial charge >= 0.3 is 6.03 Å². The van der Waals surface area contributed by atoms with Gasteiger partial charge in [0.15, 0.2) is 11.5 Å². The third-order valence-corrected chi connectivity index (χ3v) is 4.73. The molecule has 2 aliphatic rings. The summed E-state index contributed by atoms with van der Waals surface area (Å²) in [5, 5.41) is 3.53. The number of urea groups is 1. The van der Waals surface area contributed by atoms with E-state index in [0.29, 0.717) is 24.3 Å². The second-order valence-corrected chi connectivity index (χ2v) is 6.22. The van der Waals surface area contributed by atoms with Crippen molar-refractivity contribution < 1.29 is 23.9 Å². The number of hydrogen-bond donors (Lipinski definition) is 2. The van der Waals surface area contributed by atoms with Gasteiger partial charge in [0.2, 0.25) is 0 Å². The molecule has 3 rings (SSSR count). The van der Waals surface area contributed by atoms with Crippen molar-refractivity contribution in [3.05, 3.63) is 23.8 Å². The Morgan fingerprint density at radius 2 is 1.80 bits per heavy atom. The van der Waals surface area contributed by atoms with Crippen molar-refractivity contribution in [2.45, 2.75) is 37.6 Å². The van der Waals surface area contributed by atoms with Crippen LogP contribution in [-0.4, -0.2) is 42.6 Å². The van der Waals surface area contributed by atoms with Crippen molar-refractivity contribution in [2.75, 3.05) is 14.2 Å². The highest BCUT2D eigenvalue weighted by molar-refractivity contribution is 6.09. The molecule has 0 bridgehead atoms. The topological polar surface area (TPSA) is 97.0 Å². The molecule has 0 aromatic heterocycles. The maximum atomic E-state index is 12.7. The number of nitrogens with one attached hydrogen (secondary N) is 2. The lowest BCUT2D eigenvalue weighted by Gasteiger charge is -2.30. The normalized spacial score (nSPS) is 18.9. The summed E-state index contributed by atoms with van der Waals surface area (Å²) in [6.07, 6.45) is 4.00. The van der Waals surface area contributed by atoms with Crippen LogP contribution in [0.3, 0.4) is 0 Å². The van der Waals surface area contributed by atoms with Crippen molar-refractivity contribution in [3.8, 4) is 11.5 Å². The number of nitrogens with zero attached hydrogens (tertiary/aromatic N) is 1. The standard InChI is InChI=1S/C17H21N3O5/c1-24-12-7-6-11(10-13(12)25-2)14(21)19-20-15(22)17(18-16(20)23)8-4-3-5-9-17/h6-7,10H,3-5,8-9H2,1-2H3,(H,18,23)(H,19,21). The molecule has 1 saturated heterocycles. The number of methoxy groups -OCH3 is 2. The number of benzene rings is 1. The quantitative estimate of drug-likeness (QED) is 0.807. The van der Waals surface area contributed by atoms with Crippen LogP contribution in [0.5, 0.6) is 11.5 Å². The van der Waals surface area contributed by atoms with Crippen LogP contribution in [-0.2, 0) is 4.79 Å². The van der Waals surface area contributed by atoms with E-state index in [0.717, 1.165) is 24.3 Å². The molecule has 0 radical (unpaired) electrons. The Morgan fingerprint density at radius 3 is 2.44 bits per heavy atom. The average molecular weight is 347 g/mol. The van der Waals surface area contributed by atoms with E-state index in [9.17, 15) is 14.4 Å². The second kappa shape index (κ2) is 6.62. The molecule has 134 valence electrons. The molecule has 8 heteroatoms. The Labute approximate surface area is 145 Å². The van der Waals surface area contributed by atoms with Crippen molar-refractivity contribution >= 4 is 17.8 Å². The third-order valence-electron chi connectivity index (χ3n) is 4.73. The highest BCUT2D eigenvalue weighted by Crippen LogP contribution is 2.33. The number of amides is 4. The first kappa shape index (κ1) is 17.1. The number of hydrazine groups is 1. The molecule has 1 aliphatic heterocycles. The van der Waals surface area contributed by atoms with E-state index < -0.39 is 23.4 Å². The van der Waals surface area contributed by atoms with E-state index in [4.69, 9.17) is 9.47 Å². The fraction of sp³-hybridized carbons (Fsp3) is 0.471. The molecule has 0 unspecified atom stereocenters. The van der Waals surface area contributed by atoms with Gasteiger partial charge in [-0.15, -0.1) is 0 Å². The molecule has 1 heterocycles. The number of rotatable bonds is 4. The molecule has 1 aromatic carbocycles. The molecular weight excluding hydrogens is 326 g/mol. The number of imide groups is 1. The summed E-state index contributed by atoms with van der Waals surface area (Å²) in [6.45, 7) is 0. The number of carbonyl (C=O) groups excluding carboxylic acids is 3. The van der Waals surface area contributed by atoms with Gasteiger partial charge in [0.05, 0.1) is 14.2 Å². The Balaban J connectivity index is 1.77. The summed E-state index contributed by atoms with van der Waals surface area (Å²) in [5.41, 5.74) is 1.77. The van der Waals surface area contributed by atoms with Crippen LogP contribution in [0.15, 0.2) is 18.2 Å². The molecule has 8 nitrogen and oxygen atoms in total. The lowest BCUT2D eigenvalue weighted by Crippen LogP contribution is -2.50. The molecule has 25 heavy (non-hydrogen) atoms. The van der Waals surface area contributed by atoms with Gasteiger partial charge in [-0.1, -0.05) is 19.3 Å². The van der Waals surface area contributed by atoms with Crippen molar-refractivity contribution in [3.63, 3.8) is 0 Å². The monoisotopic (exact) mass is 347 g/mol. The van der Waals surface area contributed by atoms with Gasteiger partial charge in [0.25, 0.3) is 11.8 Å². The molecule has 1 saturated carbocycles. The van der Waals surface area contributed by atoms with Crippen molar-refractivity contribution in [1.82, 2.24) is 15.8 Å². The Kier molecular flexibility index (Phi) is 4.52. The van der Waals surface area contributed by atoms with E-state index in [-0.39, 0.29) is 5.56 Å². The molecular formula is C17H21N3O5. The first-order chi connectivity index (χ1) is 12.0. The fourth-order valence-corrected chi connectivity index (χ4v) is 3.36. The predicted octanol–water partition coefficient (Wildman–Crippen LogP) is 1.60. The van der Waals surface area contributed by atoms with Crippen molar-refractivity contribution in [1.29, 1.82) is 0 Å². The molecule has 1 aliphatic carbocycles. The van der Waals surface area contributed by atoms with Gasteiger partial charge in [-0.2, -0.15) is 5.01 Å². The zero-order valence-corrected chi connectivity index (χ0v) is 14.3. The lowest BCUT2D eigenvalue weighted by atomic mass is 9.82. The molecule has 1 aromatic rings. The van der Waals surface area contributed by atoms with Crippen LogP contribution < -0.4 is 20.2 Å². The van der Waals surface area contributed by atoms with Crippen LogP contribution in [0.1, 0.15) is 42.5 Å². The summed E-state index contributed by atoms with van der Waals surface area (Å²) >= 11 is 0. The molecule has 2 N–H and O–H groups in total. The Bertz CT molecular complexity index is 712. The zero-order valence-electron chi connectivity index (χ0n) is 14.3. The van der Waals surface area contributed by atoms with Crippen LogP contribution in [0.2, 0.25) is 0 Å². The number of hydrogen-bond acceptors (Lipinski definition) is 5. The van der Waals surface area contributed by atoms with Crippen LogP contribution in [0, 0.1) is 0 Å². The fourth-order valence-electron chi connectivity index (χ4n) is 3.36. The minimum Gasteiger partial charge on any atom is -0.493 e. The maximum absolute atomic E-state index is 12.7. The summed E-state index contributed by atoms with van der Waals surface area (Å²) in [5.74, 6) is -0.102. The second-order valence-electron chi connectivity index (χ2n) is 6.22. The smallest absolute Gasteiger partial charge is 0.344 e. The number of carbonyl (C=O) groups is 3. The summed E-state index contributed by atoms with van der Waals surface area (Å²) < 4.78 is 10.3. The predicted molar refractivity (Wildman–Crippen MR) is 88.2 cm³/mol. The van der Waals surface area contributed by atoms with Crippen LogP contribution >= 0.6 is 0 Å². The van der Waals surface area contributed by atoms with Gasteiger partial charge in [0.1, 0.15) is 5.54 Å². The lowest BCUT2D eigenvalue weighted by molar-refractivity contribution is -0.134. The highest BCUT2D eigenvalue weighted by Gasteiger charge is 2.52. The summed E-state index contributed by atoms with van der Waals surface area (Å²) in [6, 6.07) is 4.01. The van der Waals surface area contributed by atoms with Crippen LogP contribution in [0.25, 0.3) is 0 Å². The maximum Gasteiger partial charge on any atom is 0.344 e. The minimum absolute atomic E-state index is 0.253. The molecule has 1 spiro atoms. The Hall–Kier alpha value is -2.77. The molecule has 0 atom stereocenters. The molecule has 2 fully saturated rings. The van der Waals surface area contributed by atoms with Gasteiger partial charge in [-0.3, -0.25) is 15.0 Å². The first-order valence-electron chi connectivity index (χ1n) is 8.20. The van der Waals surface area contributed by atoms with E-state index in [1.807, 2.05) is 0 Å². The van der Waals surface area contributed by atoms with E-state index in [1.54, 1.807) is 6.07 Å². The summed E-state index contributed by atoms with van der Waals surface area (Å²) in [4.78, 5) is 37.3. The molecule has 4 amide bonds.